The number of carbonyl (C=O) groups is 1. The van der Waals surface area contributed by atoms with Crippen LogP contribution in [0.2, 0.25) is 0 Å². The predicted molar refractivity (Wildman–Crippen MR) is 117 cm³/mol. The summed E-state index contributed by atoms with van der Waals surface area (Å²) in [6.07, 6.45) is 17.9. The van der Waals surface area contributed by atoms with Crippen molar-refractivity contribution < 1.29 is 19.7 Å². The molecule has 4 nitrogen and oxygen atoms in total. The molecule has 0 spiro atoms. The van der Waals surface area contributed by atoms with Crippen LogP contribution in [0.4, 0.5) is 0 Å². The van der Waals surface area contributed by atoms with E-state index in [-0.39, 0.29) is 25.1 Å². The average Bonchev–Trinajstić information content (AvgIpc) is 2.71. The summed E-state index contributed by atoms with van der Waals surface area (Å²) in [6.45, 7) is 5.23. The van der Waals surface area contributed by atoms with Crippen LogP contribution in [0.1, 0.15) is 117 Å². The van der Waals surface area contributed by atoms with Crippen LogP contribution in [-0.2, 0) is 9.53 Å². The van der Waals surface area contributed by atoms with E-state index in [1.54, 1.807) is 0 Å². The van der Waals surface area contributed by atoms with Crippen LogP contribution < -0.4 is 0 Å². The molecule has 2 N–H and O–H groups in total. The second kappa shape index (κ2) is 21.1. The van der Waals surface area contributed by atoms with Gasteiger partial charge in [0, 0.05) is 25.6 Å². The molecule has 0 saturated carbocycles. The fourth-order valence-corrected chi connectivity index (χ4v) is 3.60. The van der Waals surface area contributed by atoms with Gasteiger partial charge in [0.2, 0.25) is 0 Å². The van der Waals surface area contributed by atoms with E-state index in [0.29, 0.717) is 18.9 Å². The standard InChI is InChI=1S/C24H48O4/c1-3-5-7-12-16-22(15-6-4-2)21-28-24(27)18-14-11-9-8-10-13-17-23(19-25)20-26/h22-23,25-26H,3-21H2,1-2H3. The van der Waals surface area contributed by atoms with Gasteiger partial charge in [-0.1, -0.05) is 84.5 Å². The van der Waals surface area contributed by atoms with Gasteiger partial charge in [-0.05, 0) is 31.6 Å². The molecule has 168 valence electrons. The van der Waals surface area contributed by atoms with Gasteiger partial charge in [-0.25, -0.2) is 0 Å². The number of aliphatic hydroxyl groups is 2. The molecule has 0 aliphatic heterocycles. The van der Waals surface area contributed by atoms with Crippen LogP contribution in [-0.4, -0.2) is 36.0 Å². The highest BCUT2D eigenvalue weighted by molar-refractivity contribution is 5.69. The van der Waals surface area contributed by atoms with Gasteiger partial charge in [-0.15, -0.1) is 0 Å². The molecule has 1 atom stereocenters. The number of aliphatic hydroxyl groups excluding tert-OH is 2. The quantitative estimate of drug-likeness (QED) is 0.182. The van der Waals surface area contributed by atoms with E-state index in [2.05, 4.69) is 13.8 Å². The van der Waals surface area contributed by atoms with E-state index < -0.39 is 0 Å². The number of ether oxygens (including phenoxy) is 1. The molecule has 0 amide bonds. The van der Waals surface area contributed by atoms with Crippen molar-refractivity contribution in [2.75, 3.05) is 19.8 Å². The molecule has 0 aliphatic rings. The van der Waals surface area contributed by atoms with Gasteiger partial charge >= 0.3 is 5.97 Å². The molecule has 0 aromatic rings. The van der Waals surface area contributed by atoms with Gasteiger partial charge in [-0.2, -0.15) is 0 Å². The lowest BCUT2D eigenvalue weighted by Crippen LogP contribution is -2.14. The van der Waals surface area contributed by atoms with Crippen molar-refractivity contribution in [1.82, 2.24) is 0 Å². The zero-order valence-electron chi connectivity index (χ0n) is 18.8. The highest BCUT2D eigenvalue weighted by atomic mass is 16.5. The fraction of sp³-hybridized carbons (Fsp3) is 0.958. The smallest absolute Gasteiger partial charge is 0.305 e. The van der Waals surface area contributed by atoms with E-state index in [4.69, 9.17) is 14.9 Å². The highest BCUT2D eigenvalue weighted by Crippen LogP contribution is 2.18. The molecule has 0 aromatic carbocycles. The fourth-order valence-electron chi connectivity index (χ4n) is 3.60. The second-order valence-corrected chi connectivity index (χ2v) is 8.43. The van der Waals surface area contributed by atoms with E-state index in [9.17, 15) is 4.79 Å². The molecule has 28 heavy (non-hydrogen) atoms. The minimum Gasteiger partial charge on any atom is -0.465 e. The number of esters is 1. The van der Waals surface area contributed by atoms with Crippen LogP contribution in [0.5, 0.6) is 0 Å². The van der Waals surface area contributed by atoms with E-state index in [1.807, 2.05) is 0 Å². The average molecular weight is 401 g/mol. The normalized spacial score (nSPS) is 12.5. The number of carbonyl (C=O) groups excluding carboxylic acids is 1. The van der Waals surface area contributed by atoms with Crippen molar-refractivity contribution in [2.24, 2.45) is 11.8 Å². The Hall–Kier alpha value is -0.610. The maximum absolute atomic E-state index is 12.0. The first-order valence-corrected chi connectivity index (χ1v) is 12.0. The number of rotatable bonds is 21. The Kier molecular flexibility index (Phi) is 20.6. The summed E-state index contributed by atoms with van der Waals surface area (Å²) in [5.41, 5.74) is 0. The lowest BCUT2D eigenvalue weighted by Gasteiger charge is -2.16. The highest BCUT2D eigenvalue weighted by Gasteiger charge is 2.12. The largest absolute Gasteiger partial charge is 0.465 e. The Morgan fingerprint density at radius 1 is 0.679 bits per heavy atom. The van der Waals surface area contributed by atoms with Crippen molar-refractivity contribution in [3.8, 4) is 0 Å². The van der Waals surface area contributed by atoms with Crippen LogP contribution >= 0.6 is 0 Å². The Morgan fingerprint density at radius 2 is 1.18 bits per heavy atom. The van der Waals surface area contributed by atoms with Crippen molar-refractivity contribution in [1.29, 1.82) is 0 Å². The lowest BCUT2D eigenvalue weighted by molar-refractivity contribution is -0.145. The summed E-state index contributed by atoms with van der Waals surface area (Å²) in [6, 6.07) is 0. The minimum absolute atomic E-state index is 0.0243. The first kappa shape index (κ1) is 27.4. The monoisotopic (exact) mass is 400 g/mol. The molecule has 0 heterocycles. The maximum atomic E-state index is 12.0. The van der Waals surface area contributed by atoms with Crippen molar-refractivity contribution in [3.05, 3.63) is 0 Å². The lowest BCUT2D eigenvalue weighted by atomic mass is 9.96. The van der Waals surface area contributed by atoms with Crippen LogP contribution in [0.3, 0.4) is 0 Å². The molecular weight excluding hydrogens is 352 g/mol. The molecule has 0 aliphatic carbocycles. The third kappa shape index (κ3) is 17.5. The molecule has 4 heteroatoms. The Balaban J connectivity index is 3.68. The molecule has 1 unspecified atom stereocenters. The molecule has 0 radical (unpaired) electrons. The van der Waals surface area contributed by atoms with Crippen molar-refractivity contribution >= 4 is 5.97 Å². The van der Waals surface area contributed by atoms with Crippen molar-refractivity contribution in [3.63, 3.8) is 0 Å². The summed E-state index contributed by atoms with van der Waals surface area (Å²) < 4.78 is 5.57. The van der Waals surface area contributed by atoms with Crippen molar-refractivity contribution in [2.45, 2.75) is 117 Å². The summed E-state index contributed by atoms with van der Waals surface area (Å²) >= 11 is 0. The number of hydrogen-bond acceptors (Lipinski definition) is 4. The minimum atomic E-state index is -0.0243. The van der Waals surface area contributed by atoms with E-state index in [1.165, 1.54) is 51.4 Å². The molecule has 0 rings (SSSR count). The van der Waals surface area contributed by atoms with Gasteiger partial charge in [-0.3, -0.25) is 4.79 Å². The molecule has 0 bridgehead atoms. The molecular formula is C24H48O4. The Bertz CT molecular complexity index is 329. The third-order valence-corrected chi connectivity index (χ3v) is 5.67. The molecule has 0 aromatic heterocycles. The Labute approximate surface area is 174 Å². The predicted octanol–water partition coefficient (Wildman–Crippen LogP) is 6.03. The van der Waals surface area contributed by atoms with Gasteiger partial charge in [0.25, 0.3) is 0 Å². The van der Waals surface area contributed by atoms with E-state index in [0.717, 1.165) is 44.9 Å². The first-order chi connectivity index (χ1) is 13.7. The first-order valence-electron chi connectivity index (χ1n) is 12.0. The zero-order chi connectivity index (χ0) is 20.9. The van der Waals surface area contributed by atoms with Crippen LogP contribution in [0.15, 0.2) is 0 Å². The topological polar surface area (TPSA) is 66.8 Å². The van der Waals surface area contributed by atoms with Crippen LogP contribution in [0.25, 0.3) is 0 Å². The molecule has 0 fully saturated rings. The van der Waals surface area contributed by atoms with E-state index >= 15 is 0 Å². The van der Waals surface area contributed by atoms with Gasteiger partial charge in [0.05, 0.1) is 6.61 Å². The summed E-state index contributed by atoms with van der Waals surface area (Å²) in [5.74, 6) is 0.564. The second-order valence-electron chi connectivity index (χ2n) is 8.43. The summed E-state index contributed by atoms with van der Waals surface area (Å²) in [5, 5.41) is 18.1. The summed E-state index contributed by atoms with van der Waals surface area (Å²) in [7, 11) is 0. The number of unbranched alkanes of at least 4 members (excludes halogenated alkanes) is 9. The zero-order valence-corrected chi connectivity index (χ0v) is 18.8. The van der Waals surface area contributed by atoms with Crippen LogP contribution in [0, 0.1) is 11.8 Å². The SMILES string of the molecule is CCCCCCC(CCCC)COC(=O)CCCCCCCCC(CO)CO. The van der Waals surface area contributed by atoms with Gasteiger partial charge in [0.15, 0.2) is 0 Å². The van der Waals surface area contributed by atoms with Gasteiger partial charge < -0.3 is 14.9 Å². The third-order valence-electron chi connectivity index (χ3n) is 5.67. The maximum Gasteiger partial charge on any atom is 0.305 e. The van der Waals surface area contributed by atoms with Gasteiger partial charge in [0.1, 0.15) is 0 Å². The summed E-state index contributed by atoms with van der Waals surface area (Å²) in [4.78, 5) is 12.0. The Morgan fingerprint density at radius 3 is 1.79 bits per heavy atom. The molecule has 0 saturated heterocycles. The number of hydrogen-bond donors (Lipinski definition) is 2.